The topological polar surface area (TPSA) is 86.5 Å². The van der Waals surface area contributed by atoms with Crippen molar-refractivity contribution in [2.45, 2.75) is 12.8 Å². The largest absolute Gasteiger partial charge is 0.492 e. The Labute approximate surface area is 123 Å². The van der Waals surface area contributed by atoms with Gasteiger partial charge in [0.1, 0.15) is 15.6 Å². The van der Waals surface area contributed by atoms with Gasteiger partial charge in [-0.2, -0.15) is 0 Å². The first-order chi connectivity index (χ1) is 9.21. The summed E-state index contributed by atoms with van der Waals surface area (Å²) < 4.78 is 28.3. The summed E-state index contributed by atoms with van der Waals surface area (Å²) in [4.78, 5) is 11.3. The van der Waals surface area contributed by atoms with Crippen LogP contribution in [0, 0.1) is 5.41 Å². The molecule has 1 aromatic rings. The molecule has 5 nitrogen and oxygen atoms in total. The first kappa shape index (κ1) is 15.1. The second-order valence-corrected chi connectivity index (χ2v) is 7.94. The van der Waals surface area contributed by atoms with Crippen molar-refractivity contribution >= 4 is 27.3 Å². The minimum atomic E-state index is -3.05. The number of carbonyl (C=O) groups is 1. The molecule has 2 rings (SSSR count). The molecule has 0 atom stereocenters. The van der Waals surface area contributed by atoms with Crippen LogP contribution in [0.25, 0.3) is 0 Å². The molecule has 2 N–H and O–H groups in total. The second kappa shape index (κ2) is 5.26. The highest BCUT2D eigenvalue weighted by atomic mass is 35.5. The van der Waals surface area contributed by atoms with Gasteiger partial charge in [-0.3, -0.25) is 4.79 Å². The van der Waals surface area contributed by atoms with Gasteiger partial charge in [-0.15, -0.1) is 0 Å². The van der Waals surface area contributed by atoms with E-state index >= 15 is 0 Å². The molecule has 1 saturated carbocycles. The number of sulfone groups is 1. The van der Waals surface area contributed by atoms with E-state index in [1.807, 2.05) is 0 Å². The van der Waals surface area contributed by atoms with E-state index < -0.39 is 15.7 Å². The summed E-state index contributed by atoms with van der Waals surface area (Å²) in [5.41, 5.74) is 5.14. The minimum absolute atomic E-state index is 0.0967. The van der Waals surface area contributed by atoms with Crippen molar-refractivity contribution in [2.24, 2.45) is 11.1 Å². The number of carbonyl (C=O) groups excluding carboxylic acids is 1. The summed E-state index contributed by atoms with van der Waals surface area (Å²) in [5, 5.41) is 0.392. The van der Waals surface area contributed by atoms with E-state index in [4.69, 9.17) is 22.1 Å². The molecule has 0 saturated heterocycles. The quantitative estimate of drug-likeness (QED) is 0.864. The maximum atomic E-state index is 11.4. The highest BCUT2D eigenvalue weighted by molar-refractivity contribution is 7.90. The molecule has 0 aromatic heterocycles. The van der Waals surface area contributed by atoms with E-state index in [1.54, 1.807) is 12.1 Å². The lowest BCUT2D eigenvalue weighted by atomic mass is 10.1. The Morgan fingerprint density at radius 3 is 2.60 bits per heavy atom. The molecular formula is C13H16ClNO4S. The van der Waals surface area contributed by atoms with Gasteiger partial charge in [-0.25, -0.2) is 8.42 Å². The van der Waals surface area contributed by atoms with Gasteiger partial charge in [0.05, 0.1) is 17.9 Å². The Morgan fingerprint density at radius 1 is 1.45 bits per heavy atom. The van der Waals surface area contributed by atoms with Crippen LogP contribution in [0.2, 0.25) is 5.02 Å². The van der Waals surface area contributed by atoms with Crippen molar-refractivity contribution in [3.63, 3.8) is 0 Å². The minimum Gasteiger partial charge on any atom is -0.492 e. The third-order valence-corrected chi connectivity index (χ3v) is 4.64. The van der Waals surface area contributed by atoms with Gasteiger partial charge in [0.25, 0.3) is 5.91 Å². The van der Waals surface area contributed by atoms with E-state index in [1.165, 1.54) is 12.3 Å². The number of rotatable bonds is 6. The number of halogens is 1. The van der Waals surface area contributed by atoms with E-state index in [0.717, 1.165) is 12.8 Å². The molecule has 0 radical (unpaired) electrons. The molecule has 0 heterocycles. The Balaban J connectivity index is 2.10. The Hall–Kier alpha value is -1.27. The van der Waals surface area contributed by atoms with Gasteiger partial charge < -0.3 is 10.5 Å². The van der Waals surface area contributed by atoms with Gasteiger partial charge >= 0.3 is 0 Å². The van der Waals surface area contributed by atoms with E-state index in [2.05, 4.69) is 0 Å². The predicted octanol–water partition coefficient (Wildman–Crippen LogP) is 1.64. The highest BCUT2D eigenvalue weighted by Crippen LogP contribution is 2.47. The average molecular weight is 318 g/mol. The number of amides is 1. The first-order valence-electron chi connectivity index (χ1n) is 6.11. The number of nitrogens with two attached hydrogens (primary N) is 1. The molecule has 0 unspecified atom stereocenters. The maximum Gasteiger partial charge on any atom is 0.252 e. The SMILES string of the molecule is CS(=O)(=O)CC1(COc2ccc(Cl)cc2C(N)=O)CC1. The van der Waals surface area contributed by atoms with Crippen LogP contribution in [0.5, 0.6) is 5.75 Å². The lowest BCUT2D eigenvalue weighted by molar-refractivity contribution is 0.0995. The highest BCUT2D eigenvalue weighted by Gasteiger charge is 2.46. The molecule has 1 aliphatic carbocycles. The van der Waals surface area contributed by atoms with Crippen LogP contribution in [-0.2, 0) is 9.84 Å². The molecular weight excluding hydrogens is 302 g/mol. The molecule has 0 spiro atoms. The lowest BCUT2D eigenvalue weighted by Crippen LogP contribution is -2.23. The molecule has 1 aliphatic rings. The van der Waals surface area contributed by atoms with Crippen LogP contribution in [0.4, 0.5) is 0 Å². The molecule has 1 amide bonds. The van der Waals surface area contributed by atoms with Gasteiger partial charge in [-0.05, 0) is 31.0 Å². The molecule has 0 bridgehead atoms. The zero-order valence-electron chi connectivity index (χ0n) is 11.1. The third kappa shape index (κ3) is 3.86. The van der Waals surface area contributed by atoms with Gasteiger partial charge in [0, 0.05) is 16.7 Å². The van der Waals surface area contributed by atoms with Crippen LogP contribution in [0.3, 0.4) is 0 Å². The van der Waals surface area contributed by atoms with Crippen LogP contribution in [0.15, 0.2) is 18.2 Å². The Morgan fingerprint density at radius 2 is 2.10 bits per heavy atom. The lowest BCUT2D eigenvalue weighted by Gasteiger charge is -2.16. The summed E-state index contributed by atoms with van der Waals surface area (Å²) in [6.07, 6.45) is 2.82. The number of ether oxygens (including phenoxy) is 1. The van der Waals surface area contributed by atoms with Gasteiger partial charge in [-0.1, -0.05) is 11.6 Å². The fraction of sp³-hybridized carbons (Fsp3) is 0.462. The molecule has 7 heteroatoms. The zero-order chi connectivity index (χ0) is 15.0. The van der Waals surface area contributed by atoms with Crippen LogP contribution in [-0.4, -0.2) is 32.9 Å². The number of hydrogen-bond acceptors (Lipinski definition) is 4. The summed E-state index contributed by atoms with van der Waals surface area (Å²) in [7, 11) is -3.05. The van der Waals surface area contributed by atoms with Crippen LogP contribution >= 0.6 is 11.6 Å². The smallest absolute Gasteiger partial charge is 0.252 e. The zero-order valence-corrected chi connectivity index (χ0v) is 12.6. The maximum absolute atomic E-state index is 11.4. The van der Waals surface area contributed by atoms with Crippen molar-refractivity contribution in [2.75, 3.05) is 18.6 Å². The van der Waals surface area contributed by atoms with Crippen molar-refractivity contribution < 1.29 is 17.9 Å². The fourth-order valence-corrected chi connectivity index (χ4v) is 3.77. The van der Waals surface area contributed by atoms with E-state index in [0.29, 0.717) is 10.8 Å². The summed E-state index contributed by atoms with van der Waals surface area (Å²) in [6.45, 7) is 0.252. The molecule has 0 aliphatic heterocycles. The van der Waals surface area contributed by atoms with E-state index in [9.17, 15) is 13.2 Å². The molecule has 1 aromatic carbocycles. The van der Waals surface area contributed by atoms with Crippen molar-refractivity contribution in [1.82, 2.24) is 0 Å². The third-order valence-electron chi connectivity index (χ3n) is 3.27. The molecule has 20 heavy (non-hydrogen) atoms. The summed E-state index contributed by atoms with van der Waals surface area (Å²) in [5.74, 6) is -0.198. The van der Waals surface area contributed by atoms with Crippen LogP contribution < -0.4 is 10.5 Å². The molecule has 1 fully saturated rings. The number of primary amides is 1. The predicted molar refractivity (Wildman–Crippen MR) is 76.8 cm³/mol. The summed E-state index contributed by atoms with van der Waals surface area (Å²) >= 11 is 5.81. The molecule has 110 valence electrons. The monoisotopic (exact) mass is 317 g/mol. The van der Waals surface area contributed by atoms with Gasteiger partial charge in [0.2, 0.25) is 0 Å². The van der Waals surface area contributed by atoms with Gasteiger partial charge in [0.15, 0.2) is 0 Å². The normalized spacial score (nSPS) is 16.7. The fourth-order valence-electron chi connectivity index (χ4n) is 2.11. The first-order valence-corrected chi connectivity index (χ1v) is 8.55. The average Bonchev–Trinajstić information content (AvgIpc) is 3.05. The van der Waals surface area contributed by atoms with Crippen molar-refractivity contribution in [1.29, 1.82) is 0 Å². The van der Waals surface area contributed by atoms with Crippen molar-refractivity contribution in [3.05, 3.63) is 28.8 Å². The van der Waals surface area contributed by atoms with E-state index in [-0.39, 0.29) is 23.3 Å². The Bertz CT molecular complexity index is 638. The summed E-state index contributed by atoms with van der Waals surface area (Å²) in [6, 6.07) is 4.60. The number of benzene rings is 1. The second-order valence-electron chi connectivity index (χ2n) is 5.36. The van der Waals surface area contributed by atoms with Crippen molar-refractivity contribution in [3.8, 4) is 5.75 Å². The van der Waals surface area contributed by atoms with Crippen LogP contribution in [0.1, 0.15) is 23.2 Å². The number of hydrogen-bond donors (Lipinski definition) is 1. The Kier molecular flexibility index (Phi) is 3.97. The standard InChI is InChI=1S/C13H16ClNO4S/c1-20(17,18)8-13(4-5-13)7-19-11-3-2-9(14)6-10(11)12(15)16/h2-3,6H,4-5,7-8H2,1H3,(H2,15,16).